The Bertz CT molecular complexity index is 1640. The molecule has 14 nitrogen and oxygen atoms in total. The first-order chi connectivity index (χ1) is 29.6. The molecule has 1 unspecified atom stereocenters. The Labute approximate surface area is 378 Å². The zero-order chi connectivity index (χ0) is 47.7. The van der Waals surface area contributed by atoms with Crippen molar-refractivity contribution in [3.05, 3.63) is 35.4 Å². The Morgan fingerprint density at radius 3 is 2.02 bits per heavy atom. The number of carbonyl (C=O) groups is 6. The van der Waals surface area contributed by atoms with Crippen LogP contribution in [0.2, 0.25) is 0 Å². The first-order valence-corrected chi connectivity index (χ1v) is 23.4. The van der Waals surface area contributed by atoms with Crippen molar-refractivity contribution in [2.45, 2.75) is 176 Å². The van der Waals surface area contributed by atoms with Gasteiger partial charge < -0.3 is 39.9 Å². The largest absolute Gasteiger partial charge is 0.480 e. The molecule has 0 spiro atoms. The first kappa shape index (κ1) is 55.1. The summed E-state index contributed by atoms with van der Waals surface area (Å²) in [5.41, 5.74) is 1.98. The van der Waals surface area contributed by atoms with Gasteiger partial charge in [-0.2, -0.15) is 0 Å². The molecule has 1 aliphatic rings. The van der Waals surface area contributed by atoms with Crippen molar-refractivity contribution >= 4 is 35.5 Å². The summed E-state index contributed by atoms with van der Waals surface area (Å²) in [6.45, 7) is 19.4. The third kappa shape index (κ3) is 15.9. The molecular weight excluding hydrogens is 803 g/mol. The Balaban J connectivity index is 2.26. The van der Waals surface area contributed by atoms with E-state index < -0.39 is 66.1 Å². The van der Waals surface area contributed by atoms with E-state index in [1.54, 1.807) is 30.8 Å². The third-order valence-corrected chi connectivity index (χ3v) is 13.2. The van der Waals surface area contributed by atoms with Crippen molar-refractivity contribution in [1.82, 2.24) is 25.3 Å². The Kier molecular flexibility index (Phi) is 23.3. The molecule has 0 radical (unpaired) electrons. The van der Waals surface area contributed by atoms with Gasteiger partial charge in [-0.15, -0.1) is 0 Å². The van der Waals surface area contributed by atoms with Crippen LogP contribution < -0.4 is 10.6 Å². The number of likely N-dealkylation sites (tertiary alicyclic amines) is 1. The number of amides is 5. The maximum absolute atomic E-state index is 14.4. The normalized spacial score (nSPS) is 18.4. The van der Waals surface area contributed by atoms with Gasteiger partial charge in [0.25, 0.3) is 0 Å². The Morgan fingerprint density at radius 1 is 0.857 bits per heavy atom. The van der Waals surface area contributed by atoms with Gasteiger partial charge >= 0.3 is 5.97 Å². The van der Waals surface area contributed by atoms with Crippen molar-refractivity contribution in [2.24, 2.45) is 29.6 Å². The van der Waals surface area contributed by atoms with Crippen LogP contribution in [0.4, 0.5) is 0 Å². The van der Waals surface area contributed by atoms with Crippen molar-refractivity contribution in [1.29, 1.82) is 0 Å². The van der Waals surface area contributed by atoms with Gasteiger partial charge in [0.1, 0.15) is 18.1 Å². The number of carboxylic acids is 1. The number of hydrogen-bond acceptors (Lipinski definition) is 8. The summed E-state index contributed by atoms with van der Waals surface area (Å²) in [4.78, 5) is 85.6. The minimum atomic E-state index is -1.15. The number of methoxy groups -OCH3 is 2. The fraction of sp³-hybridized carbons (Fsp3) is 0.755. The molecule has 1 saturated heterocycles. The highest BCUT2D eigenvalue weighted by molar-refractivity contribution is 5.92. The standard InChI is InChI=1S/C49H83N5O9/c1-15-17-18-21-32(7)26-36-22-19-23-37(27-36)28-38(49(60)61)50-46(57)34(9)45(63-14)39-24-20-25-54(39)41(56)29-40(62-13)44(33(8)16-2)53(12)48(59)42(30(3)4)51-47(58)43(31(5)6)52(11)35(10)55/h19,22-23,27,30-34,38-40,42-45H,15-18,20-21,24-26,28-29H2,1-14H3,(H,50,57)(H,51,58)(H,60,61)/t32?,33-,34+,38-,39-,40+,42-,43-,44-,45+/m0/s1. The summed E-state index contributed by atoms with van der Waals surface area (Å²) < 4.78 is 12.0. The molecule has 14 heteroatoms. The van der Waals surface area contributed by atoms with E-state index in [1.807, 2.05) is 59.7 Å². The third-order valence-electron chi connectivity index (χ3n) is 13.2. The van der Waals surface area contributed by atoms with Crippen LogP contribution in [0.25, 0.3) is 0 Å². The molecule has 1 fully saturated rings. The monoisotopic (exact) mass is 886 g/mol. The van der Waals surface area contributed by atoms with Crippen LogP contribution in [0.15, 0.2) is 24.3 Å². The molecule has 5 amide bonds. The topological polar surface area (TPSA) is 175 Å². The molecule has 0 bridgehead atoms. The molecular formula is C49H83N5O9. The minimum absolute atomic E-state index is 0.0498. The van der Waals surface area contributed by atoms with Gasteiger partial charge in [0.15, 0.2) is 0 Å². The van der Waals surface area contributed by atoms with E-state index in [0.717, 1.165) is 24.0 Å². The molecule has 10 atom stereocenters. The highest BCUT2D eigenvalue weighted by Crippen LogP contribution is 2.30. The van der Waals surface area contributed by atoms with Gasteiger partial charge in [-0.3, -0.25) is 24.0 Å². The summed E-state index contributed by atoms with van der Waals surface area (Å²) in [6, 6.07) is 4.12. The highest BCUT2D eigenvalue weighted by Gasteiger charge is 2.43. The summed E-state index contributed by atoms with van der Waals surface area (Å²) in [5, 5.41) is 15.9. The van der Waals surface area contributed by atoms with Crippen LogP contribution in [0.1, 0.15) is 132 Å². The SMILES string of the molecule is CCCCCC(C)Cc1cccc(C[C@H](NC(=O)[C@H](C)[C@@H](OC)[C@@H]2CCCN2C(=O)C[C@@H](OC)[C@H]([C@@H](C)CC)N(C)C(=O)[C@@H](NC(=O)[C@H](C(C)C)N(C)C(C)=O)C(C)C)C(=O)O)c1. The zero-order valence-electron chi connectivity index (χ0n) is 41.1. The fourth-order valence-electron chi connectivity index (χ4n) is 9.27. The number of nitrogens with zero attached hydrogens (tertiary/aromatic N) is 3. The molecule has 2 rings (SSSR count). The van der Waals surface area contributed by atoms with E-state index in [2.05, 4.69) is 30.5 Å². The second-order valence-electron chi connectivity index (χ2n) is 18.9. The van der Waals surface area contributed by atoms with Crippen LogP contribution in [-0.4, -0.2) is 133 Å². The van der Waals surface area contributed by atoms with Crippen LogP contribution in [0.3, 0.4) is 0 Å². The smallest absolute Gasteiger partial charge is 0.326 e. The lowest BCUT2D eigenvalue weighted by atomic mass is 9.89. The molecule has 1 aromatic rings. The molecule has 3 N–H and O–H groups in total. The number of ether oxygens (including phenoxy) is 2. The van der Waals surface area contributed by atoms with Crippen LogP contribution >= 0.6 is 0 Å². The number of carboxylic acid groups (broad SMARTS) is 1. The number of benzene rings is 1. The van der Waals surface area contributed by atoms with Crippen LogP contribution in [-0.2, 0) is 51.1 Å². The maximum Gasteiger partial charge on any atom is 0.326 e. The summed E-state index contributed by atoms with van der Waals surface area (Å²) in [5.74, 6) is -3.67. The number of likely N-dealkylation sites (N-methyl/N-ethyl adjacent to an activating group) is 2. The predicted octanol–water partition coefficient (Wildman–Crippen LogP) is 6.12. The van der Waals surface area contributed by atoms with Crippen molar-refractivity contribution in [3.63, 3.8) is 0 Å². The van der Waals surface area contributed by atoms with Gasteiger partial charge in [-0.05, 0) is 54.1 Å². The lowest BCUT2D eigenvalue weighted by molar-refractivity contribution is -0.149. The van der Waals surface area contributed by atoms with Gasteiger partial charge in [0.2, 0.25) is 29.5 Å². The molecule has 0 aliphatic carbocycles. The highest BCUT2D eigenvalue weighted by atomic mass is 16.5. The predicted molar refractivity (Wildman–Crippen MR) is 247 cm³/mol. The van der Waals surface area contributed by atoms with Crippen LogP contribution in [0.5, 0.6) is 0 Å². The molecule has 1 heterocycles. The quantitative estimate of drug-likeness (QED) is 0.0880. The minimum Gasteiger partial charge on any atom is -0.480 e. The second-order valence-corrected chi connectivity index (χ2v) is 18.9. The van der Waals surface area contributed by atoms with E-state index in [9.17, 15) is 33.9 Å². The average Bonchev–Trinajstić information content (AvgIpc) is 3.71. The van der Waals surface area contributed by atoms with Crippen LogP contribution in [0, 0.1) is 29.6 Å². The summed E-state index contributed by atoms with van der Waals surface area (Å²) in [6.07, 6.45) is 6.23. The number of nitrogens with one attached hydrogen (secondary N) is 2. The van der Waals surface area contributed by atoms with E-state index in [4.69, 9.17) is 9.47 Å². The molecule has 0 saturated carbocycles. The maximum atomic E-state index is 14.4. The molecule has 1 aliphatic heterocycles. The number of unbranched alkanes of at least 4 members (excludes halogenated alkanes) is 2. The van der Waals surface area contributed by atoms with E-state index >= 15 is 0 Å². The summed E-state index contributed by atoms with van der Waals surface area (Å²) in [7, 11) is 6.28. The first-order valence-electron chi connectivity index (χ1n) is 23.4. The number of carbonyl (C=O) groups excluding carboxylic acids is 5. The van der Waals surface area contributed by atoms with Gasteiger partial charge in [-0.1, -0.05) is 119 Å². The average molecular weight is 886 g/mol. The molecule has 1 aromatic carbocycles. The molecule has 358 valence electrons. The second kappa shape index (κ2) is 26.7. The fourth-order valence-corrected chi connectivity index (χ4v) is 9.27. The number of hydrogen-bond donors (Lipinski definition) is 3. The van der Waals surface area contributed by atoms with E-state index in [0.29, 0.717) is 31.7 Å². The van der Waals surface area contributed by atoms with Crippen molar-refractivity contribution in [2.75, 3.05) is 34.9 Å². The molecule has 0 aromatic heterocycles. The summed E-state index contributed by atoms with van der Waals surface area (Å²) >= 11 is 0. The van der Waals surface area contributed by atoms with Gasteiger partial charge in [0, 0.05) is 48.2 Å². The van der Waals surface area contributed by atoms with E-state index in [-0.39, 0.29) is 48.3 Å². The number of aliphatic carboxylic acids is 1. The lowest BCUT2D eigenvalue weighted by Gasteiger charge is -2.41. The lowest BCUT2D eigenvalue weighted by Crippen LogP contribution is -2.60. The Hall–Kier alpha value is -4.04. The van der Waals surface area contributed by atoms with E-state index in [1.165, 1.54) is 45.3 Å². The Morgan fingerprint density at radius 2 is 1.49 bits per heavy atom. The van der Waals surface area contributed by atoms with Crippen molar-refractivity contribution in [3.8, 4) is 0 Å². The van der Waals surface area contributed by atoms with Gasteiger partial charge in [0.05, 0.1) is 36.6 Å². The molecule has 63 heavy (non-hydrogen) atoms. The zero-order valence-corrected chi connectivity index (χ0v) is 41.1. The van der Waals surface area contributed by atoms with Gasteiger partial charge in [-0.25, -0.2) is 4.79 Å². The number of rotatable bonds is 27. The van der Waals surface area contributed by atoms with Crippen molar-refractivity contribution < 1.29 is 43.3 Å².